The van der Waals surface area contributed by atoms with Gasteiger partial charge >= 0.3 is 6.18 Å². The number of hydrogen-bond donors (Lipinski definition) is 2. The predicted molar refractivity (Wildman–Crippen MR) is 121 cm³/mol. The summed E-state index contributed by atoms with van der Waals surface area (Å²) >= 11 is 0. The number of aliphatic hydroxyl groups excluding tert-OH is 1. The number of rotatable bonds is 5. The molecule has 176 valence electrons. The Kier molecular flexibility index (Phi) is 6.73. The molecule has 0 aromatic heterocycles. The van der Waals surface area contributed by atoms with Gasteiger partial charge in [0.2, 0.25) is 0 Å². The first-order chi connectivity index (χ1) is 15.2. The van der Waals surface area contributed by atoms with Crippen LogP contribution in [0, 0.1) is 11.8 Å². The molecule has 0 amide bonds. The Hall–Kier alpha value is -1.79. The lowest BCUT2D eigenvalue weighted by Gasteiger charge is -2.36. The van der Waals surface area contributed by atoms with Gasteiger partial charge in [0.25, 0.3) is 0 Å². The van der Waals surface area contributed by atoms with Crippen LogP contribution in [0.2, 0.25) is 0 Å². The quantitative estimate of drug-likeness (QED) is 0.545. The summed E-state index contributed by atoms with van der Waals surface area (Å²) in [6.07, 6.45) is 5.60. The molecule has 2 aromatic carbocycles. The van der Waals surface area contributed by atoms with Crippen LogP contribution < -0.4 is 10.5 Å². The first-order valence-electron chi connectivity index (χ1n) is 11.9. The van der Waals surface area contributed by atoms with Crippen LogP contribution in [0.3, 0.4) is 0 Å². The van der Waals surface area contributed by atoms with Crippen LogP contribution in [-0.4, -0.2) is 17.8 Å². The van der Waals surface area contributed by atoms with Gasteiger partial charge in [0.15, 0.2) is 0 Å². The maximum atomic E-state index is 14.1. The van der Waals surface area contributed by atoms with Crippen molar-refractivity contribution in [1.29, 1.82) is 0 Å². The molecule has 6 heteroatoms. The monoisotopic (exact) mass is 449 g/mol. The van der Waals surface area contributed by atoms with Gasteiger partial charge in [-0.15, -0.1) is 0 Å². The second kappa shape index (κ2) is 9.22. The van der Waals surface area contributed by atoms with E-state index < -0.39 is 17.3 Å². The van der Waals surface area contributed by atoms with Crippen molar-refractivity contribution in [3.63, 3.8) is 0 Å². The minimum atomic E-state index is -4.53. The van der Waals surface area contributed by atoms with Gasteiger partial charge < -0.3 is 15.6 Å². The van der Waals surface area contributed by atoms with Crippen molar-refractivity contribution in [2.75, 3.05) is 6.61 Å². The summed E-state index contributed by atoms with van der Waals surface area (Å²) in [7, 11) is 0. The second-order valence-corrected chi connectivity index (χ2v) is 10.0. The Morgan fingerprint density at radius 3 is 2.22 bits per heavy atom. The molecule has 2 aliphatic rings. The van der Waals surface area contributed by atoms with Gasteiger partial charge in [0.05, 0.1) is 18.2 Å². The molecule has 2 saturated carbocycles. The number of nitrogens with two attached hydrogens (primary N) is 1. The van der Waals surface area contributed by atoms with Crippen LogP contribution in [0.1, 0.15) is 75.8 Å². The lowest BCUT2D eigenvalue weighted by atomic mass is 9.73. The van der Waals surface area contributed by atoms with E-state index in [1.165, 1.54) is 44.2 Å². The fourth-order valence-electron chi connectivity index (χ4n) is 5.61. The third-order valence-corrected chi connectivity index (χ3v) is 7.58. The van der Waals surface area contributed by atoms with Gasteiger partial charge in [0, 0.05) is 0 Å². The molecule has 3 nitrogen and oxygen atoms in total. The Balaban J connectivity index is 1.55. The van der Waals surface area contributed by atoms with Crippen LogP contribution in [0.5, 0.6) is 5.75 Å². The summed E-state index contributed by atoms with van der Waals surface area (Å²) in [4.78, 5) is 0. The van der Waals surface area contributed by atoms with Gasteiger partial charge in [-0.3, -0.25) is 0 Å². The molecule has 1 atom stereocenters. The van der Waals surface area contributed by atoms with E-state index in [0.717, 1.165) is 31.6 Å². The predicted octanol–water partition coefficient (Wildman–Crippen LogP) is 6.54. The maximum absolute atomic E-state index is 14.1. The molecule has 4 rings (SSSR count). The molecule has 0 radical (unpaired) electrons. The Bertz CT molecular complexity index is 927. The van der Waals surface area contributed by atoms with Crippen LogP contribution in [0.15, 0.2) is 30.3 Å². The van der Waals surface area contributed by atoms with E-state index in [2.05, 4.69) is 0 Å². The zero-order valence-corrected chi connectivity index (χ0v) is 18.8. The molecule has 3 N–H and O–H groups in total. The summed E-state index contributed by atoms with van der Waals surface area (Å²) in [6.45, 7) is 1.36. The van der Waals surface area contributed by atoms with Crippen molar-refractivity contribution in [2.45, 2.75) is 82.5 Å². The SMILES string of the molecule is C[C@](N)(CO)c1ccc2c(C(F)(F)F)c(O[C@H]3CC[C@@H](C4CCCCC4)CC3)ccc2c1. The molecule has 2 fully saturated rings. The van der Waals surface area contributed by atoms with E-state index in [9.17, 15) is 18.3 Å². The number of halogens is 3. The molecule has 32 heavy (non-hydrogen) atoms. The van der Waals surface area contributed by atoms with Crippen molar-refractivity contribution >= 4 is 10.8 Å². The molecule has 0 spiro atoms. The molecule has 0 bridgehead atoms. The highest BCUT2D eigenvalue weighted by Gasteiger charge is 2.38. The van der Waals surface area contributed by atoms with Crippen LogP contribution in [-0.2, 0) is 11.7 Å². The lowest BCUT2D eigenvalue weighted by Crippen LogP contribution is -2.36. The van der Waals surface area contributed by atoms with Crippen molar-refractivity contribution in [3.8, 4) is 5.75 Å². The maximum Gasteiger partial charge on any atom is 0.420 e. The van der Waals surface area contributed by atoms with Gasteiger partial charge in [-0.2, -0.15) is 13.2 Å². The van der Waals surface area contributed by atoms with Crippen molar-refractivity contribution < 1.29 is 23.0 Å². The Morgan fingerprint density at radius 1 is 0.938 bits per heavy atom. The standard InChI is InChI=1S/C26H34F3NO2/c1-25(30,16-31)20-10-13-22-19(15-20)9-14-23(24(22)26(27,28)29)32-21-11-7-18(8-12-21)17-5-3-2-4-6-17/h9-10,13-15,17-18,21,31H,2-8,11-12,16,30H2,1H3/t18-,21+,25-/m0/s1. The van der Waals surface area contributed by atoms with Crippen molar-refractivity contribution in [1.82, 2.24) is 0 Å². The molecular formula is C26H34F3NO2. The van der Waals surface area contributed by atoms with E-state index in [0.29, 0.717) is 16.9 Å². The van der Waals surface area contributed by atoms with Crippen LogP contribution in [0.25, 0.3) is 10.8 Å². The van der Waals surface area contributed by atoms with Crippen LogP contribution in [0.4, 0.5) is 13.2 Å². The van der Waals surface area contributed by atoms with E-state index in [4.69, 9.17) is 10.5 Å². The first kappa shape index (κ1) is 23.4. The van der Waals surface area contributed by atoms with Crippen molar-refractivity contribution in [2.24, 2.45) is 17.6 Å². The Morgan fingerprint density at radius 2 is 1.59 bits per heavy atom. The molecule has 0 aliphatic heterocycles. The summed E-state index contributed by atoms with van der Waals surface area (Å²) in [5.74, 6) is 1.40. The average molecular weight is 450 g/mol. The molecule has 2 aromatic rings. The largest absolute Gasteiger partial charge is 0.490 e. The number of ether oxygens (including phenoxy) is 1. The summed E-state index contributed by atoms with van der Waals surface area (Å²) in [5.41, 5.74) is 4.93. The van der Waals surface area contributed by atoms with Gasteiger partial charge in [-0.1, -0.05) is 50.3 Å². The average Bonchev–Trinajstić information content (AvgIpc) is 2.79. The first-order valence-corrected chi connectivity index (χ1v) is 11.9. The summed E-state index contributed by atoms with van der Waals surface area (Å²) in [5, 5.41) is 10.0. The fraction of sp³-hybridized carbons (Fsp3) is 0.615. The molecule has 0 unspecified atom stereocenters. The summed E-state index contributed by atoms with van der Waals surface area (Å²) < 4.78 is 48.3. The normalized spacial score (nSPS) is 24.9. The van der Waals surface area contributed by atoms with Gasteiger partial charge in [-0.25, -0.2) is 0 Å². The van der Waals surface area contributed by atoms with E-state index in [-0.39, 0.29) is 23.8 Å². The molecule has 0 saturated heterocycles. The Labute approximate surface area is 188 Å². The number of hydrogen-bond acceptors (Lipinski definition) is 3. The number of aliphatic hydroxyl groups is 1. The van der Waals surface area contributed by atoms with Gasteiger partial charge in [-0.05, 0) is 72.9 Å². The van der Waals surface area contributed by atoms with Crippen molar-refractivity contribution in [3.05, 3.63) is 41.5 Å². The number of benzene rings is 2. The molecule has 2 aliphatic carbocycles. The zero-order chi connectivity index (χ0) is 22.9. The highest BCUT2D eigenvalue weighted by Crippen LogP contribution is 2.44. The minimum Gasteiger partial charge on any atom is -0.490 e. The van der Waals surface area contributed by atoms with Crippen LogP contribution >= 0.6 is 0 Å². The number of fused-ring (bicyclic) bond motifs is 1. The molecular weight excluding hydrogens is 415 g/mol. The lowest BCUT2D eigenvalue weighted by molar-refractivity contribution is -0.138. The second-order valence-electron chi connectivity index (χ2n) is 10.0. The van der Waals surface area contributed by atoms with E-state index in [1.54, 1.807) is 25.1 Å². The minimum absolute atomic E-state index is 0.0865. The van der Waals surface area contributed by atoms with Gasteiger partial charge in [0.1, 0.15) is 11.3 Å². The van der Waals surface area contributed by atoms with E-state index in [1.807, 2.05) is 0 Å². The third-order valence-electron chi connectivity index (χ3n) is 7.58. The molecule has 0 heterocycles. The van der Waals surface area contributed by atoms with E-state index >= 15 is 0 Å². The highest BCUT2D eigenvalue weighted by molar-refractivity contribution is 5.89. The summed E-state index contributed by atoms with van der Waals surface area (Å²) in [6, 6.07) is 7.73. The fourth-order valence-corrected chi connectivity index (χ4v) is 5.61. The topological polar surface area (TPSA) is 55.5 Å². The smallest absolute Gasteiger partial charge is 0.420 e. The highest BCUT2D eigenvalue weighted by atomic mass is 19.4. The third kappa shape index (κ3) is 4.91. The number of alkyl halides is 3. The zero-order valence-electron chi connectivity index (χ0n) is 18.8.